The molecule has 1 amide bonds. The van der Waals surface area contributed by atoms with E-state index in [-0.39, 0.29) is 11.2 Å². The number of hydrogen-bond acceptors (Lipinski definition) is 4. The highest BCUT2D eigenvalue weighted by atomic mass is 16.5. The van der Waals surface area contributed by atoms with E-state index >= 15 is 0 Å². The van der Waals surface area contributed by atoms with Crippen LogP contribution in [0, 0.1) is 0 Å². The average Bonchev–Trinajstić information content (AvgIpc) is 3.22. The van der Waals surface area contributed by atoms with Crippen molar-refractivity contribution >= 4 is 11.7 Å². The summed E-state index contributed by atoms with van der Waals surface area (Å²) in [6, 6.07) is 0. The molecule has 3 heterocycles. The van der Waals surface area contributed by atoms with Crippen LogP contribution in [0.5, 0.6) is 0 Å². The lowest BCUT2D eigenvalue weighted by Crippen LogP contribution is -2.38. The monoisotopic (exact) mass is 376 g/mol. The Morgan fingerprint density at radius 1 is 1.30 bits per heavy atom. The van der Waals surface area contributed by atoms with Crippen molar-refractivity contribution in [1.82, 2.24) is 20.0 Å². The van der Waals surface area contributed by atoms with Crippen LogP contribution in [0.15, 0.2) is 12.3 Å². The number of nitrogens with zero attached hydrogens (tertiary/aromatic N) is 3. The minimum Gasteiger partial charge on any atom is -0.465 e. The minimum absolute atomic E-state index is 0.0492. The Morgan fingerprint density at radius 2 is 2.07 bits per heavy atom. The van der Waals surface area contributed by atoms with Crippen molar-refractivity contribution in [3.05, 3.63) is 23.5 Å². The molecule has 27 heavy (non-hydrogen) atoms. The minimum atomic E-state index is -0.898. The summed E-state index contributed by atoms with van der Waals surface area (Å²) in [4.78, 5) is 14.4. The standard InChI is InChI=1S/C20H32N4O3/c1-5-19-7-8-20(6-2,27-19)12-15(11-19)17-16(13-21-22-17)14-23(3)9-10-24(4)18(25)26/h11,13H,5-10,12,14H2,1-4H3,(H,21,22)(H,25,26). The van der Waals surface area contributed by atoms with E-state index in [1.165, 1.54) is 10.5 Å². The molecule has 2 aliphatic heterocycles. The van der Waals surface area contributed by atoms with Gasteiger partial charge in [0, 0.05) is 44.9 Å². The molecule has 0 saturated carbocycles. The highest BCUT2D eigenvalue weighted by molar-refractivity contribution is 5.68. The van der Waals surface area contributed by atoms with Crippen LogP contribution in [-0.4, -0.2) is 69.6 Å². The molecule has 7 heteroatoms. The summed E-state index contributed by atoms with van der Waals surface area (Å²) in [5.74, 6) is 0. The SMILES string of the molecule is CCC12C=C(c3n[nH]cc3CN(C)CCN(C)C(=O)O)CC(CC)(CC1)O2. The zero-order valence-corrected chi connectivity index (χ0v) is 16.9. The highest BCUT2D eigenvalue weighted by Crippen LogP contribution is 2.52. The largest absolute Gasteiger partial charge is 0.465 e. The van der Waals surface area contributed by atoms with Crippen molar-refractivity contribution in [2.75, 3.05) is 27.2 Å². The second-order valence-electron chi connectivity index (χ2n) is 8.10. The van der Waals surface area contributed by atoms with E-state index in [2.05, 4.69) is 35.0 Å². The molecule has 7 nitrogen and oxygen atoms in total. The highest BCUT2D eigenvalue weighted by Gasteiger charge is 2.50. The molecule has 0 aliphatic carbocycles. The van der Waals surface area contributed by atoms with Crippen molar-refractivity contribution in [3.8, 4) is 0 Å². The summed E-state index contributed by atoms with van der Waals surface area (Å²) in [6.07, 6.45) is 8.49. The van der Waals surface area contributed by atoms with Gasteiger partial charge in [-0.25, -0.2) is 4.79 Å². The van der Waals surface area contributed by atoms with Crippen molar-refractivity contribution < 1.29 is 14.6 Å². The zero-order valence-electron chi connectivity index (χ0n) is 16.9. The normalized spacial score (nSPS) is 27.1. The molecule has 3 rings (SSSR count). The van der Waals surface area contributed by atoms with Crippen LogP contribution in [0.25, 0.3) is 5.57 Å². The van der Waals surface area contributed by atoms with Gasteiger partial charge in [-0.3, -0.25) is 5.10 Å². The third kappa shape index (κ3) is 4.04. The van der Waals surface area contributed by atoms with E-state index in [4.69, 9.17) is 9.84 Å². The molecule has 150 valence electrons. The van der Waals surface area contributed by atoms with Crippen molar-refractivity contribution in [2.24, 2.45) is 0 Å². The zero-order chi connectivity index (χ0) is 19.7. The van der Waals surface area contributed by atoms with Crippen LogP contribution < -0.4 is 0 Å². The molecule has 2 aliphatic rings. The van der Waals surface area contributed by atoms with Crippen molar-refractivity contribution in [2.45, 2.75) is 63.7 Å². The molecule has 1 aromatic heterocycles. The number of likely N-dealkylation sites (N-methyl/N-ethyl adjacent to an activating group) is 2. The van der Waals surface area contributed by atoms with Gasteiger partial charge in [0.25, 0.3) is 0 Å². The molecule has 2 atom stereocenters. The maximum atomic E-state index is 10.9. The van der Waals surface area contributed by atoms with Gasteiger partial charge in [-0.05, 0) is 44.4 Å². The summed E-state index contributed by atoms with van der Waals surface area (Å²) >= 11 is 0. The van der Waals surface area contributed by atoms with Gasteiger partial charge in [-0.1, -0.05) is 13.8 Å². The van der Waals surface area contributed by atoms with E-state index in [0.29, 0.717) is 13.1 Å². The van der Waals surface area contributed by atoms with Crippen LogP contribution >= 0.6 is 0 Å². The lowest BCUT2D eigenvalue weighted by molar-refractivity contribution is -0.0871. The van der Waals surface area contributed by atoms with Crippen LogP contribution in [-0.2, 0) is 11.3 Å². The first kappa shape index (κ1) is 19.9. The molecule has 1 saturated heterocycles. The number of aromatic nitrogens is 2. The van der Waals surface area contributed by atoms with Gasteiger partial charge in [0.2, 0.25) is 0 Å². The van der Waals surface area contributed by atoms with Gasteiger partial charge in [-0.2, -0.15) is 5.10 Å². The quantitative estimate of drug-likeness (QED) is 0.727. The Hall–Kier alpha value is -1.86. The predicted octanol–water partition coefficient (Wildman–Crippen LogP) is 3.35. The van der Waals surface area contributed by atoms with Crippen LogP contribution in [0.3, 0.4) is 0 Å². The second-order valence-corrected chi connectivity index (χ2v) is 8.10. The molecule has 2 bridgehead atoms. The number of H-pyrrole nitrogens is 1. The third-order valence-electron chi connectivity index (χ3n) is 6.22. The number of amides is 1. The first-order chi connectivity index (χ1) is 12.8. The number of rotatable bonds is 8. The first-order valence-corrected chi connectivity index (χ1v) is 9.89. The van der Waals surface area contributed by atoms with Gasteiger partial charge in [0.1, 0.15) is 0 Å². The topological polar surface area (TPSA) is 81.7 Å². The van der Waals surface area contributed by atoms with Gasteiger partial charge >= 0.3 is 6.09 Å². The Balaban J connectivity index is 1.74. The van der Waals surface area contributed by atoms with Crippen LogP contribution in [0.4, 0.5) is 4.79 Å². The Kier molecular flexibility index (Phi) is 5.63. The predicted molar refractivity (Wildman–Crippen MR) is 105 cm³/mol. The molecule has 2 N–H and O–H groups in total. The molecule has 0 spiro atoms. The van der Waals surface area contributed by atoms with Crippen molar-refractivity contribution in [3.63, 3.8) is 0 Å². The number of nitrogens with one attached hydrogen (secondary N) is 1. The summed E-state index contributed by atoms with van der Waals surface area (Å²) < 4.78 is 6.52. The Labute approximate surface area is 161 Å². The molecule has 2 unspecified atom stereocenters. The third-order valence-corrected chi connectivity index (χ3v) is 6.22. The lowest BCUT2D eigenvalue weighted by Gasteiger charge is -2.38. The number of aromatic amines is 1. The van der Waals surface area contributed by atoms with Crippen LogP contribution in [0.2, 0.25) is 0 Å². The number of ether oxygens (including phenoxy) is 1. The van der Waals surface area contributed by atoms with E-state index in [9.17, 15) is 4.79 Å². The number of fused-ring (bicyclic) bond motifs is 2. The maximum absolute atomic E-state index is 10.9. The van der Waals surface area contributed by atoms with Gasteiger partial charge in [-0.15, -0.1) is 0 Å². The van der Waals surface area contributed by atoms with E-state index in [1.807, 2.05) is 13.2 Å². The number of hydrogen-bond donors (Lipinski definition) is 2. The number of carboxylic acid groups (broad SMARTS) is 1. The number of carbonyl (C=O) groups is 1. The van der Waals surface area contributed by atoms with E-state index in [0.717, 1.165) is 49.9 Å². The second kappa shape index (κ2) is 7.64. The fourth-order valence-electron chi connectivity index (χ4n) is 4.29. The summed E-state index contributed by atoms with van der Waals surface area (Å²) in [6.45, 7) is 6.30. The molecule has 1 aromatic rings. The maximum Gasteiger partial charge on any atom is 0.407 e. The Morgan fingerprint density at radius 3 is 2.74 bits per heavy atom. The van der Waals surface area contributed by atoms with Gasteiger partial charge < -0.3 is 19.6 Å². The van der Waals surface area contributed by atoms with Gasteiger partial charge in [0.05, 0.1) is 16.9 Å². The van der Waals surface area contributed by atoms with E-state index < -0.39 is 6.09 Å². The lowest BCUT2D eigenvalue weighted by atomic mass is 9.87. The first-order valence-electron chi connectivity index (χ1n) is 9.89. The summed E-state index contributed by atoms with van der Waals surface area (Å²) in [5, 5.41) is 16.6. The molecule has 0 aromatic carbocycles. The fraction of sp³-hybridized carbons (Fsp3) is 0.700. The summed E-state index contributed by atoms with van der Waals surface area (Å²) in [7, 11) is 3.60. The molecular formula is C20H32N4O3. The Bertz CT molecular complexity index is 716. The van der Waals surface area contributed by atoms with Crippen LogP contribution in [0.1, 0.15) is 57.2 Å². The molecular weight excluding hydrogens is 344 g/mol. The fourth-order valence-corrected chi connectivity index (χ4v) is 4.29. The van der Waals surface area contributed by atoms with Gasteiger partial charge in [0.15, 0.2) is 0 Å². The van der Waals surface area contributed by atoms with Crippen molar-refractivity contribution in [1.29, 1.82) is 0 Å². The summed E-state index contributed by atoms with van der Waals surface area (Å²) in [5.41, 5.74) is 3.28. The van der Waals surface area contributed by atoms with E-state index in [1.54, 1.807) is 7.05 Å². The average molecular weight is 377 g/mol. The molecule has 0 radical (unpaired) electrons. The smallest absolute Gasteiger partial charge is 0.407 e. The molecule has 1 fully saturated rings.